The highest BCUT2D eigenvalue weighted by molar-refractivity contribution is 9.10. The molecule has 1 saturated carbocycles. The molecule has 0 bridgehead atoms. The van der Waals surface area contributed by atoms with Gasteiger partial charge in [0.2, 0.25) is 0 Å². The molecule has 0 saturated heterocycles. The lowest BCUT2D eigenvalue weighted by Gasteiger charge is -2.07. The van der Waals surface area contributed by atoms with Crippen molar-refractivity contribution in [3.8, 4) is 5.75 Å². The van der Waals surface area contributed by atoms with Crippen LogP contribution in [0.5, 0.6) is 5.75 Å². The first-order valence-electron chi connectivity index (χ1n) is 6.44. The van der Waals surface area contributed by atoms with Crippen molar-refractivity contribution in [2.75, 3.05) is 6.54 Å². The number of phenolic OH excluding ortho intramolecular Hbond substituents is 1. The van der Waals surface area contributed by atoms with Gasteiger partial charge >= 0.3 is 0 Å². The molecule has 0 unspecified atom stereocenters. The summed E-state index contributed by atoms with van der Waals surface area (Å²) in [7, 11) is 0. The normalized spacial score (nSPS) is 20.1. The van der Waals surface area contributed by atoms with Crippen LogP contribution >= 0.6 is 15.9 Å². The number of carbonyl (C=O) groups excluding carboxylic acids is 1. The highest BCUT2D eigenvalue weighted by Crippen LogP contribution is 2.67. The molecular weight excluding hydrogens is 306 g/mol. The summed E-state index contributed by atoms with van der Waals surface area (Å²) in [6.45, 7) is 9.60. The van der Waals surface area contributed by atoms with Crippen molar-refractivity contribution in [1.82, 2.24) is 5.32 Å². The fraction of sp³-hybridized carbons (Fsp3) is 0.533. The quantitative estimate of drug-likeness (QED) is 0.892. The van der Waals surface area contributed by atoms with Gasteiger partial charge in [-0.1, -0.05) is 27.7 Å². The number of benzene rings is 1. The largest absolute Gasteiger partial charge is 0.507 e. The van der Waals surface area contributed by atoms with Crippen LogP contribution in [0.25, 0.3) is 0 Å². The molecule has 1 aliphatic rings. The average Bonchev–Trinajstić information content (AvgIpc) is 2.70. The molecule has 19 heavy (non-hydrogen) atoms. The van der Waals surface area contributed by atoms with Gasteiger partial charge in [-0.2, -0.15) is 0 Å². The fourth-order valence-electron chi connectivity index (χ4n) is 2.79. The number of phenols is 1. The van der Waals surface area contributed by atoms with Crippen molar-refractivity contribution in [1.29, 1.82) is 0 Å². The van der Waals surface area contributed by atoms with Crippen LogP contribution in [0.15, 0.2) is 22.7 Å². The SMILES string of the molecule is CC1(C)C(CNC(=O)c2ccc(Br)c(O)c2)C1(C)C. The summed E-state index contributed by atoms with van der Waals surface area (Å²) in [6, 6.07) is 4.85. The smallest absolute Gasteiger partial charge is 0.251 e. The molecule has 1 aromatic carbocycles. The zero-order valence-corrected chi connectivity index (χ0v) is 13.3. The van der Waals surface area contributed by atoms with Gasteiger partial charge in [-0.3, -0.25) is 4.79 Å². The Hall–Kier alpha value is -1.03. The fourth-order valence-corrected chi connectivity index (χ4v) is 3.04. The van der Waals surface area contributed by atoms with E-state index in [-0.39, 0.29) is 22.5 Å². The molecule has 0 radical (unpaired) electrons. The molecule has 104 valence electrons. The Kier molecular flexibility index (Phi) is 3.42. The van der Waals surface area contributed by atoms with E-state index in [1.165, 1.54) is 6.07 Å². The molecular formula is C15H20BrNO2. The van der Waals surface area contributed by atoms with Crippen molar-refractivity contribution in [2.24, 2.45) is 16.7 Å². The number of nitrogens with one attached hydrogen (secondary N) is 1. The van der Waals surface area contributed by atoms with Crippen molar-refractivity contribution < 1.29 is 9.90 Å². The summed E-state index contributed by atoms with van der Waals surface area (Å²) in [5.41, 5.74) is 1.02. The summed E-state index contributed by atoms with van der Waals surface area (Å²) >= 11 is 3.20. The summed E-state index contributed by atoms with van der Waals surface area (Å²) in [5.74, 6) is 0.439. The number of amides is 1. The van der Waals surface area contributed by atoms with E-state index in [9.17, 15) is 9.90 Å². The van der Waals surface area contributed by atoms with Crippen molar-refractivity contribution in [3.63, 3.8) is 0 Å². The minimum Gasteiger partial charge on any atom is -0.507 e. The van der Waals surface area contributed by atoms with Crippen molar-refractivity contribution in [2.45, 2.75) is 27.7 Å². The van der Waals surface area contributed by atoms with Crippen LogP contribution in [0.1, 0.15) is 38.1 Å². The molecule has 1 aliphatic carbocycles. The van der Waals surface area contributed by atoms with Crippen LogP contribution in [0.2, 0.25) is 0 Å². The van der Waals surface area contributed by atoms with Crippen LogP contribution in [0.3, 0.4) is 0 Å². The van der Waals surface area contributed by atoms with Gasteiger partial charge in [-0.05, 0) is 50.9 Å². The van der Waals surface area contributed by atoms with E-state index in [2.05, 4.69) is 48.9 Å². The zero-order valence-electron chi connectivity index (χ0n) is 11.7. The Morgan fingerprint density at radius 1 is 1.32 bits per heavy atom. The van der Waals surface area contributed by atoms with Crippen LogP contribution in [-0.2, 0) is 0 Å². The topological polar surface area (TPSA) is 49.3 Å². The number of hydrogen-bond acceptors (Lipinski definition) is 2. The molecule has 0 atom stereocenters. The average molecular weight is 326 g/mol. The van der Waals surface area contributed by atoms with Gasteiger partial charge in [-0.25, -0.2) is 0 Å². The number of halogens is 1. The summed E-state index contributed by atoms with van der Waals surface area (Å²) in [6.07, 6.45) is 0. The Morgan fingerprint density at radius 2 is 1.89 bits per heavy atom. The third kappa shape index (κ3) is 2.38. The monoisotopic (exact) mass is 325 g/mol. The number of hydrogen-bond donors (Lipinski definition) is 2. The molecule has 0 heterocycles. The van der Waals surface area contributed by atoms with Crippen LogP contribution in [0, 0.1) is 16.7 Å². The Morgan fingerprint density at radius 3 is 2.37 bits per heavy atom. The summed E-state index contributed by atoms with van der Waals surface area (Å²) < 4.78 is 0.591. The molecule has 0 spiro atoms. The molecule has 1 aromatic rings. The van der Waals surface area contributed by atoms with Gasteiger partial charge in [0.25, 0.3) is 5.91 Å². The molecule has 2 rings (SSSR count). The van der Waals surface area contributed by atoms with E-state index < -0.39 is 0 Å². The first-order chi connectivity index (χ1) is 8.68. The second-order valence-electron chi connectivity index (χ2n) is 6.37. The number of rotatable bonds is 3. The first-order valence-corrected chi connectivity index (χ1v) is 7.24. The van der Waals surface area contributed by atoms with Gasteiger partial charge < -0.3 is 10.4 Å². The summed E-state index contributed by atoms with van der Waals surface area (Å²) in [5, 5.41) is 12.5. The molecule has 0 aromatic heterocycles. The second-order valence-corrected chi connectivity index (χ2v) is 7.23. The Balaban J connectivity index is 1.98. The van der Waals surface area contributed by atoms with E-state index >= 15 is 0 Å². The van der Waals surface area contributed by atoms with Crippen LogP contribution in [0.4, 0.5) is 0 Å². The maximum atomic E-state index is 12.0. The maximum Gasteiger partial charge on any atom is 0.251 e. The molecule has 3 nitrogen and oxygen atoms in total. The molecule has 0 aliphatic heterocycles. The molecule has 4 heteroatoms. The molecule has 2 N–H and O–H groups in total. The maximum absolute atomic E-state index is 12.0. The number of carbonyl (C=O) groups is 1. The Labute approximate surface area is 122 Å². The van der Waals surface area contributed by atoms with E-state index in [1.807, 2.05) is 0 Å². The van der Waals surface area contributed by atoms with E-state index in [0.717, 1.165) is 0 Å². The zero-order chi connectivity index (χ0) is 14.4. The minimum atomic E-state index is -0.138. The third-order valence-electron chi connectivity index (χ3n) is 4.99. The summed E-state index contributed by atoms with van der Waals surface area (Å²) in [4.78, 5) is 12.0. The standard InChI is InChI=1S/C15H20BrNO2/c1-14(2)12(15(14,3)4)8-17-13(19)9-5-6-10(16)11(18)7-9/h5-7,12,18H,8H2,1-4H3,(H,17,19). The predicted octanol–water partition coefficient (Wildman–Crippen LogP) is 3.57. The van der Waals surface area contributed by atoms with Crippen molar-refractivity contribution in [3.05, 3.63) is 28.2 Å². The van der Waals surface area contributed by atoms with Crippen LogP contribution in [-0.4, -0.2) is 17.6 Å². The van der Waals surface area contributed by atoms with Crippen LogP contribution < -0.4 is 5.32 Å². The minimum absolute atomic E-state index is 0.0831. The van der Waals surface area contributed by atoms with Gasteiger partial charge in [0.15, 0.2) is 0 Å². The van der Waals surface area contributed by atoms with E-state index in [4.69, 9.17) is 0 Å². The first kappa shape index (κ1) is 14.4. The highest BCUT2D eigenvalue weighted by Gasteiger charge is 2.64. The van der Waals surface area contributed by atoms with Gasteiger partial charge in [-0.15, -0.1) is 0 Å². The second kappa shape index (κ2) is 4.51. The predicted molar refractivity (Wildman–Crippen MR) is 79.2 cm³/mol. The third-order valence-corrected chi connectivity index (χ3v) is 5.67. The molecule has 1 fully saturated rings. The lowest BCUT2D eigenvalue weighted by molar-refractivity contribution is 0.0949. The van der Waals surface area contributed by atoms with Gasteiger partial charge in [0.05, 0.1) is 4.47 Å². The highest BCUT2D eigenvalue weighted by atomic mass is 79.9. The van der Waals surface area contributed by atoms with Crippen molar-refractivity contribution >= 4 is 21.8 Å². The Bertz CT molecular complexity index is 509. The van der Waals surface area contributed by atoms with Gasteiger partial charge in [0, 0.05) is 12.1 Å². The molecule has 1 amide bonds. The lowest BCUT2D eigenvalue weighted by atomic mass is 10.0. The number of aromatic hydroxyl groups is 1. The van der Waals surface area contributed by atoms with E-state index in [0.29, 0.717) is 22.5 Å². The van der Waals surface area contributed by atoms with Gasteiger partial charge in [0.1, 0.15) is 5.75 Å². The van der Waals surface area contributed by atoms with E-state index in [1.54, 1.807) is 12.1 Å². The lowest BCUT2D eigenvalue weighted by Crippen LogP contribution is -2.27.